The van der Waals surface area contributed by atoms with Gasteiger partial charge >= 0.3 is 0 Å². The van der Waals surface area contributed by atoms with Gasteiger partial charge in [-0.25, -0.2) is 9.97 Å². The summed E-state index contributed by atoms with van der Waals surface area (Å²) in [5, 5.41) is 0. The van der Waals surface area contributed by atoms with Gasteiger partial charge in [0.2, 0.25) is 0 Å². The van der Waals surface area contributed by atoms with Gasteiger partial charge in [0, 0.05) is 56.2 Å². The van der Waals surface area contributed by atoms with E-state index in [0.717, 1.165) is 30.9 Å². The summed E-state index contributed by atoms with van der Waals surface area (Å²) >= 11 is 0. The zero-order chi connectivity index (χ0) is 17.1. The number of hydrogen-bond donors (Lipinski definition) is 0. The molecule has 7 nitrogen and oxygen atoms in total. The maximum atomic E-state index is 12.7. The van der Waals surface area contributed by atoms with E-state index in [-0.39, 0.29) is 11.8 Å². The molecular weight excluding hydrogens is 316 g/mol. The van der Waals surface area contributed by atoms with Gasteiger partial charge in [-0.15, -0.1) is 0 Å². The monoisotopic (exact) mass is 334 g/mol. The number of aromatic nitrogens is 5. The van der Waals surface area contributed by atoms with Crippen molar-refractivity contribution in [1.82, 2.24) is 29.4 Å². The van der Waals surface area contributed by atoms with Crippen molar-refractivity contribution in [2.45, 2.75) is 18.8 Å². The van der Waals surface area contributed by atoms with Crippen LogP contribution in [0.5, 0.6) is 0 Å². The third-order valence-electron chi connectivity index (χ3n) is 4.46. The fourth-order valence-corrected chi connectivity index (χ4v) is 3.27. The molecule has 0 aromatic carbocycles. The van der Waals surface area contributed by atoms with Gasteiger partial charge in [0.15, 0.2) is 5.82 Å². The van der Waals surface area contributed by atoms with Crippen LogP contribution in [0.3, 0.4) is 0 Å². The largest absolute Gasteiger partial charge is 0.338 e. The molecule has 25 heavy (non-hydrogen) atoms. The topological polar surface area (TPSA) is 76.8 Å². The molecule has 0 aliphatic carbocycles. The maximum absolute atomic E-state index is 12.7. The minimum Gasteiger partial charge on any atom is -0.338 e. The molecule has 0 bridgehead atoms. The smallest absolute Gasteiger partial charge is 0.255 e. The molecule has 1 amide bonds. The highest BCUT2D eigenvalue weighted by atomic mass is 16.2. The molecule has 1 aliphatic rings. The minimum absolute atomic E-state index is 0.0193. The van der Waals surface area contributed by atoms with Crippen LogP contribution in [0, 0.1) is 0 Å². The fourth-order valence-electron chi connectivity index (χ4n) is 3.27. The van der Waals surface area contributed by atoms with Crippen LogP contribution in [0.15, 0.2) is 55.6 Å². The number of nitrogens with zero attached hydrogens (tertiary/aromatic N) is 6. The zero-order valence-electron chi connectivity index (χ0n) is 13.7. The summed E-state index contributed by atoms with van der Waals surface area (Å²) < 4.78 is 1.87. The molecule has 1 fully saturated rings. The lowest BCUT2D eigenvalue weighted by atomic mass is 9.94. The average Bonchev–Trinajstić information content (AvgIpc) is 3.23. The summed E-state index contributed by atoms with van der Waals surface area (Å²) in [5.74, 6) is 0.951. The lowest BCUT2D eigenvalue weighted by Crippen LogP contribution is -2.39. The molecule has 3 aromatic rings. The highest BCUT2D eigenvalue weighted by Gasteiger charge is 2.28. The summed E-state index contributed by atoms with van der Waals surface area (Å²) in [6.07, 6.45) is 13.9. The van der Waals surface area contributed by atoms with Crippen LogP contribution in [0.4, 0.5) is 0 Å². The fraction of sp³-hybridized carbons (Fsp3) is 0.278. The lowest BCUT2D eigenvalue weighted by molar-refractivity contribution is 0.0705. The summed E-state index contributed by atoms with van der Waals surface area (Å²) in [4.78, 5) is 31.8. The second-order valence-corrected chi connectivity index (χ2v) is 6.07. The van der Waals surface area contributed by atoms with Crippen molar-refractivity contribution in [3.8, 4) is 5.82 Å². The summed E-state index contributed by atoms with van der Waals surface area (Å²) in [6, 6.07) is 3.59. The average molecular weight is 334 g/mol. The van der Waals surface area contributed by atoms with E-state index in [1.807, 2.05) is 15.7 Å². The summed E-state index contributed by atoms with van der Waals surface area (Å²) in [7, 11) is 0. The molecule has 0 unspecified atom stereocenters. The Hall–Kier alpha value is -3.09. The Bertz CT molecular complexity index is 849. The Morgan fingerprint density at radius 1 is 1.12 bits per heavy atom. The van der Waals surface area contributed by atoms with E-state index in [1.54, 1.807) is 49.4 Å². The van der Waals surface area contributed by atoms with Gasteiger partial charge in [-0.2, -0.15) is 0 Å². The Labute approximate surface area is 145 Å². The van der Waals surface area contributed by atoms with Crippen LogP contribution in [0.2, 0.25) is 0 Å². The molecule has 1 aliphatic heterocycles. The van der Waals surface area contributed by atoms with Crippen LogP contribution < -0.4 is 0 Å². The number of piperidine rings is 1. The van der Waals surface area contributed by atoms with Crippen molar-refractivity contribution in [2.75, 3.05) is 13.1 Å². The first-order valence-electron chi connectivity index (χ1n) is 8.31. The molecule has 7 heteroatoms. The number of rotatable bonds is 3. The number of likely N-dealkylation sites (tertiary alicyclic amines) is 1. The van der Waals surface area contributed by atoms with Crippen molar-refractivity contribution in [2.24, 2.45) is 0 Å². The van der Waals surface area contributed by atoms with E-state index in [9.17, 15) is 4.79 Å². The standard InChI is InChI=1S/C18H18N6O/c25-18(14-3-1-5-19-11-14)23-9-2-4-15(12-23)16-17(22-7-6-21-16)24-10-8-20-13-24/h1,3,5-8,10-11,13,15H,2,4,9,12H2/t15-/m1/s1. The van der Waals surface area contributed by atoms with Crippen LogP contribution >= 0.6 is 0 Å². The summed E-state index contributed by atoms with van der Waals surface area (Å²) in [6.45, 7) is 1.39. The first-order chi connectivity index (χ1) is 12.3. The van der Waals surface area contributed by atoms with Crippen molar-refractivity contribution >= 4 is 5.91 Å². The molecule has 0 spiro atoms. The lowest BCUT2D eigenvalue weighted by Gasteiger charge is -2.33. The van der Waals surface area contributed by atoms with Crippen molar-refractivity contribution in [3.63, 3.8) is 0 Å². The molecule has 4 heterocycles. The molecule has 0 radical (unpaired) electrons. The predicted octanol–water partition coefficient (Wildman–Crippen LogP) is 2.08. The summed E-state index contributed by atoms with van der Waals surface area (Å²) in [5.41, 5.74) is 1.53. The predicted molar refractivity (Wildman–Crippen MR) is 91.3 cm³/mol. The first kappa shape index (κ1) is 15.4. The molecule has 4 rings (SSSR count). The molecule has 0 saturated carbocycles. The van der Waals surface area contributed by atoms with Crippen LogP contribution in [-0.2, 0) is 0 Å². The Balaban J connectivity index is 1.59. The maximum Gasteiger partial charge on any atom is 0.255 e. The van der Waals surface area contributed by atoms with Crippen molar-refractivity contribution in [3.05, 3.63) is 66.9 Å². The number of pyridine rings is 1. The Morgan fingerprint density at radius 3 is 2.84 bits per heavy atom. The normalized spacial score (nSPS) is 17.4. The Morgan fingerprint density at radius 2 is 2.04 bits per heavy atom. The highest BCUT2D eigenvalue weighted by Crippen LogP contribution is 2.29. The molecule has 126 valence electrons. The van der Waals surface area contributed by atoms with Gasteiger partial charge in [-0.05, 0) is 25.0 Å². The number of carbonyl (C=O) groups is 1. The van der Waals surface area contributed by atoms with Gasteiger partial charge in [-0.3, -0.25) is 19.3 Å². The van der Waals surface area contributed by atoms with E-state index in [0.29, 0.717) is 12.1 Å². The van der Waals surface area contributed by atoms with Gasteiger partial charge in [0.25, 0.3) is 5.91 Å². The third-order valence-corrected chi connectivity index (χ3v) is 4.46. The van der Waals surface area contributed by atoms with E-state index in [2.05, 4.69) is 19.9 Å². The van der Waals surface area contributed by atoms with Crippen molar-refractivity contribution in [1.29, 1.82) is 0 Å². The van der Waals surface area contributed by atoms with Gasteiger partial charge in [0.05, 0.1) is 11.3 Å². The zero-order valence-corrected chi connectivity index (χ0v) is 13.7. The molecule has 3 aromatic heterocycles. The van der Waals surface area contributed by atoms with Gasteiger partial charge in [-0.1, -0.05) is 0 Å². The van der Waals surface area contributed by atoms with E-state index >= 15 is 0 Å². The van der Waals surface area contributed by atoms with Crippen LogP contribution in [0.1, 0.15) is 34.8 Å². The molecule has 0 N–H and O–H groups in total. The van der Waals surface area contributed by atoms with E-state index in [4.69, 9.17) is 0 Å². The van der Waals surface area contributed by atoms with E-state index in [1.165, 1.54) is 0 Å². The number of amides is 1. The molecule has 1 saturated heterocycles. The first-order valence-corrected chi connectivity index (χ1v) is 8.31. The van der Waals surface area contributed by atoms with Crippen molar-refractivity contribution < 1.29 is 4.79 Å². The third kappa shape index (κ3) is 3.13. The van der Waals surface area contributed by atoms with Crippen LogP contribution in [-0.4, -0.2) is 48.4 Å². The van der Waals surface area contributed by atoms with Gasteiger partial charge in [0.1, 0.15) is 6.33 Å². The molecule has 1 atom stereocenters. The SMILES string of the molecule is O=C(c1cccnc1)N1CCC[C@@H](c2nccnc2-n2ccnc2)C1. The highest BCUT2D eigenvalue weighted by molar-refractivity contribution is 5.94. The van der Waals surface area contributed by atoms with E-state index < -0.39 is 0 Å². The molecular formula is C18H18N6O. The van der Waals surface area contributed by atoms with Gasteiger partial charge < -0.3 is 4.90 Å². The quantitative estimate of drug-likeness (QED) is 0.733. The number of hydrogen-bond acceptors (Lipinski definition) is 5. The second kappa shape index (κ2) is 6.80. The Kier molecular flexibility index (Phi) is 4.20. The second-order valence-electron chi connectivity index (χ2n) is 6.07. The number of imidazole rings is 1. The van der Waals surface area contributed by atoms with Crippen LogP contribution in [0.25, 0.3) is 5.82 Å². The minimum atomic E-state index is 0.0193. The number of carbonyl (C=O) groups excluding carboxylic acids is 1.